The van der Waals surface area contributed by atoms with Crippen molar-refractivity contribution in [3.05, 3.63) is 60.7 Å². The topological polar surface area (TPSA) is 143 Å². The Kier molecular flexibility index (Phi) is 7.37. The molecule has 5 N–H and O–H groups in total. The maximum atomic E-state index is 13.0. The molecule has 0 aliphatic heterocycles. The number of phosphoric ester groups is 2. The van der Waals surface area contributed by atoms with Crippen molar-refractivity contribution in [2.45, 2.75) is 12.6 Å². The van der Waals surface area contributed by atoms with Gasteiger partial charge in [0.25, 0.3) is 0 Å². The zero-order valence-electron chi connectivity index (χ0n) is 13.7. The molecule has 0 bridgehead atoms. The van der Waals surface area contributed by atoms with E-state index in [-0.39, 0.29) is 24.5 Å². The molecule has 2 aromatic carbocycles. The Balaban J connectivity index is 2.22. The van der Waals surface area contributed by atoms with Gasteiger partial charge in [-0.1, -0.05) is 36.4 Å². The number of phosphoric acid groups is 2. The normalized spacial score (nSPS) is 15.0. The zero-order chi connectivity index (χ0) is 19.0. The molecule has 0 saturated heterocycles. The second-order valence-electron chi connectivity index (χ2n) is 5.03. The van der Waals surface area contributed by atoms with Gasteiger partial charge in [-0.05, 0) is 37.2 Å². The summed E-state index contributed by atoms with van der Waals surface area (Å²) >= 11 is 0. The highest BCUT2D eigenvalue weighted by Crippen LogP contribution is 2.63. The number of nitrogens with two attached hydrogens (primary N) is 2. The number of hydrogen-bond acceptors (Lipinski definition) is 8. The van der Waals surface area contributed by atoms with Crippen molar-refractivity contribution in [1.29, 1.82) is 0 Å². The van der Waals surface area contributed by atoms with Crippen molar-refractivity contribution in [1.82, 2.24) is 0 Å². The molecule has 2 aromatic rings. The van der Waals surface area contributed by atoms with E-state index < -0.39 is 21.9 Å². The van der Waals surface area contributed by atoms with E-state index >= 15 is 0 Å². The highest BCUT2D eigenvalue weighted by Gasteiger charge is 2.42. The summed E-state index contributed by atoms with van der Waals surface area (Å²) in [6.07, 6.45) is -1.09. The average molecular weight is 402 g/mol. The molecule has 0 radical (unpaired) electrons. The van der Waals surface area contributed by atoms with Gasteiger partial charge in [0, 0.05) is 0 Å². The molecule has 0 fully saturated rings. The van der Waals surface area contributed by atoms with Crippen molar-refractivity contribution >= 4 is 15.6 Å². The lowest BCUT2D eigenvalue weighted by Crippen LogP contribution is -2.26. The van der Waals surface area contributed by atoms with E-state index in [9.17, 15) is 14.0 Å². The van der Waals surface area contributed by atoms with Crippen LogP contribution in [0.1, 0.15) is 6.42 Å². The maximum absolute atomic E-state index is 13.0. The molecule has 0 aromatic heterocycles. The first-order valence-electron chi connectivity index (χ1n) is 7.59. The van der Waals surface area contributed by atoms with E-state index in [0.717, 1.165) is 0 Å². The minimum atomic E-state index is -4.87. The van der Waals surface area contributed by atoms with Crippen molar-refractivity contribution in [2.75, 3.05) is 6.54 Å². The van der Waals surface area contributed by atoms with Gasteiger partial charge in [-0.3, -0.25) is 4.52 Å². The van der Waals surface area contributed by atoms with Gasteiger partial charge in [-0.15, -0.1) is 0 Å². The Bertz CT molecular complexity index is 731. The molecule has 2 rings (SSSR count). The van der Waals surface area contributed by atoms with Gasteiger partial charge in [0.15, 0.2) is 0 Å². The summed E-state index contributed by atoms with van der Waals surface area (Å²) in [7, 11) is -9.45. The SMILES string of the molecule is NCCC(N)OP(=O)(O)OP(=O)(Oc1ccccc1)Oc1ccccc1. The fourth-order valence-corrected chi connectivity index (χ4v) is 4.48. The van der Waals surface area contributed by atoms with Gasteiger partial charge in [0.05, 0.1) is 0 Å². The third-order valence-electron chi connectivity index (χ3n) is 2.84. The van der Waals surface area contributed by atoms with Crippen LogP contribution >= 0.6 is 15.6 Å². The molecule has 0 aliphatic rings. The van der Waals surface area contributed by atoms with Crippen LogP contribution in [-0.4, -0.2) is 17.7 Å². The van der Waals surface area contributed by atoms with Crippen LogP contribution in [0.5, 0.6) is 11.5 Å². The largest absolute Gasteiger partial charge is 0.596 e. The summed E-state index contributed by atoms with van der Waals surface area (Å²) < 4.78 is 45.0. The van der Waals surface area contributed by atoms with Crippen LogP contribution in [0.3, 0.4) is 0 Å². The van der Waals surface area contributed by atoms with E-state index in [1.807, 2.05) is 0 Å². The molecular formula is C15H20N2O7P2. The molecule has 11 heteroatoms. The van der Waals surface area contributed by atoms with E-state index in [0.29, 0.717) is 0 Å². The highest BCUT2D eigenvalue weighted by atomic mass is 31.3. The lowest BCUT2D eigenvalue weighted by Gasteiger charge is -2.22. The van der Waals surface area contributed by atoms with Gasteiger partial charge < -0.3 is 25.4 Å². The molecular weight excluding hydrogens is 382 g/mol. The fourth-order valence-electron chi connectivity index (χ4n) is 1.81. The van der Waals surface area contributed by atoms with Crippen molar-refractivity contribution in [3.63, 3.8) is 0 Å². The van der Waals surface area contributed by atoms with Crippen LogP contribution in [0.4, 0.5) is 0 Å². The highest BCUT2D eigenvalue weighted by molar-refractivity contribution is 7.62. The second-order valence-corrected chi connectivity index (χ2v) is 8.09. The summed E-state index contributed by atoms with van der Waals surface area (Å²) in [6, 6.07) is 15.8. The second kappa shape index (κ2) is 9.30. The first kappa shape index (κ1) is 20.6. The van der Waals surface area contributed by atoms with E-state index in [1.54, 1.807) is 36.4 Å². The van der Waals surface area contributed by atoms with Crippen LogP contribution in [0.2, 0.25) is 0 Å². The Labute approximate surface area is 151 Å². The molecule has 0 saturated carbocycles. The Morgan fingerprint density at radius 3 is 1.81 bits per heavy atom. The Morgan fingerprint density at radius 1 is 0.923 bits per heavy atom. The van der Waals surface area contributed by atoms with Crippen LogP contribution in [-0.2, 0) is 18.0 Å². The van der Waals surface area contributed by atoms with Crippen LogP contribution < -0.4 is 20.5 Å². The molecule has 2 atom stereocenters. The van der Waals surface area contributed by atoms with Crippen molar-refractivity contribution in [2.24, 2.45) is 11.5 Å². The molecule has 0 aliphatic carbocycles. The summed E-state index contributed by atoms with van der Waals surface area (Å²) in [5.41, 5.74) is 10.8. The number of rotatable bonds is 10. The van der Waals surface area contributed by atoms with Gasteiger partial charge in [0.2, 0.25) is 0 Å². The van der Waals surface area contributed by atoms with Crippen LogP contribution in [0.25, 0.3) is 0 Å². The average Bonchev–Trinajstić information content (AvgIpc) is 2.55. The monoisotopic (exact) mass is 402 g/mol. The Hall–Kier alpha value is -1.70. The smallest absolute Gasteiger partial charge is 0.395 e. The van der Waals surface area contributed by atoms with Crippen LogP contribution in [0.15, 0.2) is 60.7 Å². The van der Waals surface area contributed by atoms with Crippen molar-refractivity contribution < 1.29 is 31.9 Å². The first-order valence-corrected chi connectivity index (χ1v) is 10.5. The summed E-state index contributed by atoms with van der Waals surface area (Å²) in [5, 5.41) is 0. The third kappa shape index (κ3) is 6.90. The van der Waals surface area contributed by atoms with E-state index in [1.165, 1.54) is 24.3 Å². The van der Waals surface area contributed by atoms with Gasteiger partial charge >= 0.3 is 15.6 Å². The lowest BCUT2D eigenvalue weighted by atomic mass is 10.3. The first-order chi connectivity index (χ1) is 12.3. The molecule has 0 spiro atoms. The van der Waals surface area contributed by atoms with Gasteiger partial charge in [-0.25, -0.2) is 9.13 Å². The number of para-hydroxylation sites is 2. The fraction of sp³-hybridized carbons (Fsp3) is 0.200. The van der Waals surface area contributed by atoms with Crippen LogP contribution in [0, 0.1) is 0 Å². The standard InChI is InChI=1S/C15H20N2O7P2/c16-12-11-15(17)23-25(18,19)24-26(20,21-13-7-3-1-4-8-13)22-14-9-5-2-6-10-14/h1-10,15H,11-12,16-17H2,(H,18,19). The zero-order valence-corrected chi connectivity index (χ0v) is 15.5. The van der Waals surface area contributed by atoms with E-state index in [2.05, 4.69) is 0 Å². The maximum Gasteiger partial charge on any atom is 0.596 e. The Morgan fingerprint density at radius 2 is 1.38 bits per heavy atom. The quantitative estimate of drug-likeness (QED) is 0.403. The number of benzene rings is 2. The summed E-state index contributed by atoms with van der Waals surface area (Å²) in [6.45, 7) is 0.125. The minimum absolute atomic E-state index is 0.0945. The molecule has 9 nitrogen and oxygen atoms in total. The third-order valence-corrected chi connectivity index (χ3v) is 5.88. The molecule has 2 unspecified atom stereocenters. The predicted octanol–water partition coefficient (Wildman–Crippen LogP) is 3.02. The van der Waals surface area contributed by atoms with Gasteiger partial charge in [-0.2, -0.15) is 4.31 Å². The molecule has 0 heterocycles. The summed E-state index contributed by atoms with van der Waals surface area (Å²) in [4.78, 5) is 9.86. The van der Waals surface area contributed by atoms with E-state index in [4.69, 9.17) is 29.3 Å². The lowest BCUT2D eigenvalue weighted by molar-refractivity contribution is 0.128. The minimum Gasteiger partial charge on any atom is -0.395 e. The molecule has 0 amide bonds. The molecule has 26 heavy (non-hydrogen) atoms. The molecule has 142 valence electrons. The van der Waals surface area contributed by atoms with Crippen molar-refractivity contribution in [3.8, 4) is 11.5 Å². The van der Waals surface area contributed by atoms with Gasteiger partial charge in [0.1, 0.15) is 17.7 Å². The summed E-state index contributed by atoms with van der Waals surface area (Å²) in [5.74, 6) is 0.219. The predicted molar refractivity (Wildman–Crippen MR) is 95.4 cm³/mol. The number of hydrogen-bond donors (Lipinski definition) is 3.